The number of carbonyl (C=O) groups is 2. The Labute approximate surface area is 161 Å². The van der Waals surface area contributed by atoms with Gasteiger partial charge in [0.15, 0.2) is 0 Å². The van der Waals surface area contributed by atoms with Gasteiger partial charge in [-0.2, -0.15) is 0 Å². The van der Waals surface area contributed by atoms with Gasteiger partial charge < -0.3 is 10.6 Å². The van der Waals surface area contributed by atoms with Crippen molar-refractivity contribution in [3.8, 4) is 0 Å². The van der Waals surface area contributed by atoms with E-state index in [1.807, 2.05) is 6.07 Å². The topological polar surface area (TPSA) is 75.5 Å². The van der Waals surface area contributed by atoms with E-state index in [4.69, 9.17) is 0 Å². The first-order valence-electron chi connectivity index (χ1n) is 9.43. The summed E-state index contributed by atoms with van der Waals surface area (Å²) in [4.78, 5) is 29.1. The highest BCUT2D eigenvalue weighted by Crippen LogP contribution is 2.24. The highest BCUT2D eigenvalue weighted by Gasteiger charge is 2.18. The number of carbonyl (C=O) groups excluding carboxylic acids is 2. The number of imidazole rings is 1. The summed E-state index contributed by atoms with van der Waals surface area (Å²) in [6.07, 6.45) is 7.81. The summed E-state index contributed by atoms with van der Waals surface area (Å²) in [7, 11) is 0. The molecule has 28 heavy (non-hydrogen) atoms. The van der Waals surface area contributed by atoms with Crippen LogP contribution in [0.15, 0.2) is 48.8 Å². The van der Waals surface area contributed by atoms with E-state index in [1.54, 1.807) is 22.7 Å². The summed E-state index contributed by atoms with van der Waals surface area (Å²) >= 11 is 0. The van der Waals surface area contributed by atoms with Crippen LogP contribution in [0, 0.1) is 11.7 Å². The molecule has 0 aliphatic heterocycles. The van der Waals surface area contributed by atoms with Crippen LogP contribution in [0.1, 0.15) is 46.5 Å². The fourth-order valence-electron chi connectivity index (χ4n) is 3.60. The number of pyridine rings is 1. The summed E-state index contributed by atoms with van der Waals surface area (Å²) in [6.45, 7) is 0.625. The lowest BCUT2D eigenvalue weighted by atomic mass is 10.1. The van der Waals surface area contributed by atoms with E-state index < -0.39 is 11.7 Å². The van der Waals surface area contributed by atoms with Gasteiger partial charge in [-0.1, -0.05) is 18.9 Å². The molecule has 2 N–H and O–H groups in total. The Hall–Kier alpha value is -3.22. The van der Waals surface area contributed by atoms with Crippen LogP contribution in [-0.2, 0) is 0 Å². The molecule has 1 aliphatic rings. The zero-order chi connectivity index (χ0) is 19.5. The second kappa shape index (κ2) is 7.80. The zero-order valence-electron chi connectivity index (χ0n) is 15.3. The molecule has 144 valence electrons. The maximum atomic E-state index is 14.2. The monoisotopic (exact) mass is 380 g/mol. The molecule has 3 aromatic rings. The molecule has 0 radical (unpaired) electrons. The van der Waals surface area contributed by atoms with Crippen molar-refractivity contribution in [3.63, 3.8) is 0 Å². The predicted octanol–water partition coefficient (Wildman–Crippen LogP) is 3.65. The minimum Gasteiger partial charge on any atom is -0.352 e. The second-order valence-corrected chi connectivity index (χ2v) is 7.08. The first-order chi connectivity index (χ1) is 13.6. The number of aromatic nitrogens is 2. The predicted molar refractivity (Wildman–Crippen MR) is 104 cm³/mol. The minimum absolute atomic E-state index is 0.0376. The Balaban J connectivity index is 1.49. The van der Waals surface area contributed by atoms with Crippen LogP contribution in [0.5, 0.6) is 0 Å². The van der Waals surface area contributed by atoms with Gasteiger partial charge in [-0.05, 0) is 49.1 Å². The number of hydrogen-bond acceptors (Lipinski definition) is 3. The van der Waals surface area contributed by atoms with E-state index in [0.717, 1.165) is 12.8 Å². The van der Waals surface area contributed by atoms with E-state index in [1.165, 1.54) is 37.2 Å². The van der Waals surface area contributed by atoms with E-state index in [2.05, 4.69) is 15.6 Å². The van der Waals surface area contributed by atoms with Crippen LogP contribution in [-0.4, -0.2) is 27.7 Å². The van der Waals surface area contributed by atoms with Crippen molar-refractivity contribution in [2.75, 3.05) is 11.9 Å². The summed E-state index contributed by atoms with van der Waals surface area (Å²) in [6, 6.07) is 9.34. The van der Waals surface area contributed by atoms with Crippen LogP contribution in [0.25, 0.3) is 5.65 Å². The van der Waals surface area contributed by atoms with Crippen molar-refractivity contribution in [2.24, 2.45) is 5.92 Å². The van der Waals surface area contributed by atoms with Gasteiger partial charge in [-0.3, -0.25) is 14.0 Å². The summed E-state index contributed by atoms with van der Waals surface area (Å²) < 4.78 is 15.8. The van der Waals surface area contributed by atoms with Gasteiger partial charge in [0, 0.05) is 18.3 Å². The van der Waals surface area contributed by atoms with Gasteiger partial charge in [0.05, 0.1) is 11.9 Å². The maximum absolute atomic E-state index is 14.2. The standard InChI is InChI=1S/C21H21FN4O2/c22-16-9-8-15(20(27)24-12-14-5-1-2-6-14)11-17(16)25-21(28)18-13-23-19-7-3-4-10-26(18)19/h3-4,7-11,13-14H,1-2,5-6,12H2,(H,24,27)(H,25,28). The van der Waals surface area contributed by atoms with Crippen LogP contribution in [0.3, 0.4) is 0 Å². The molecule has 7 heteroatoms. The number of halogens is 1. The van der Waals surface area contributed by atoms with E-state index in [-0.39, 0.29) is 17.3 Å². The van der Waals surface area contributed by atoms with E-state index in [0.29, 0.717) is 23.7 Å². The van der Waals surface area contributed by atoms with E-state index >= 15 is 0 Å². The van der Waals surface area contributed by atoms with Gasteiger partial charge in [0.2, 0.25) is 0 Å². The Bertz CT molecular complexity index is 1020. The van der Waals surface area contributed by atoms with Crippen molar-refractivity contribution in [1.82, 2.24) is 14.7 Å². The number of benzene rings is 1. The molecular weight excluding hydrogens is 359 g/mol. The van der Waals surface area contributed by atoms with Gasteiger partial charge >= 0.3 is 0 Å². The Kier molecular flexibility index (Phi) is 5.06. The Morgan fingerprint density at radius 1 is 1.14 bits per heavy atom. The molecule has 0 bridgehead atoms. The highest BCUT2D eigenvalue weighted by atomic mass is 19.1. The molecule has 0 atom stereocenters. The van der Waals surface area contributed by atoms with Gasteiger partial charge in [0.1, 0.15) is 17.2 Å². The molecule has 2 amide bonds. The third-order valence-corrected chi connectivity index (χ3v) is 5.15. The summed E-state index contributed by atoms with van der Waals surface area (Å²) in [5.41, 5.74) is 1.18. The molecule has 4 rings (SSSR count). The first-order valence-corrected chi connectivity index (χ1v) is 9.43. The molecular formula is C21H21FN4O2. The fraction of sp³-hybridized carbons (Fsp3) is 0.286. The molecule has 2 heterocycles. The van der Waals surface area contributed by atoms with Crippen molar-refractivity contribution in [3.05, 3.63) is 65.9 Å². The van der Waals surface area contributed by atoms with Gasteiger partial charge in [-0.25, -0.2) is 9.37 Å². The SMILES string of the molecule is O=C(NCC1CCCC1)c1ccc(F)c(NC(=O)c2cnc3ccccn23)c1. The number of nitrogens with zero attached hydrogens (tertiary/aromatic N) is 2. The zero-order valence-corrected chi connectivity index (χ0v) is 15.3. The van der Waals surface area contributed by atoms with Crippen molar-refractivity contribution < 1.29 is 14.0 Å². The average molecular weight is 380 g/mol. The largest absolute Gasteiger partial charge is 0.352 e. The van der Waals surface area contributed by atoms with Crippen molar-refractivity contribution in [2.45, 2.75) is 25.7 Å². The molecule has 0 unspecified atom stereocenters. The van der Waals surface area contributed by atoms with Crippen LogP contribution < -0.4 is 10.6 Å². The number of rotatable bonds is 5. The first kappa shape index (κ1) is 18.2. The normalized spacial score (nSPS) is 14.3. The van der Waals surface area contributed by atoms with Crippen molar-refractivity contribution in [1.29, 1.82) is 0 Å². The summed E-state index contributed by atoms with van der Waals surface area (Å²) in [5.74, 6) is -0.855. The lowest BCUT2D eigenvalue weighted by Crippen LogP contribution is -2.28. The molecule has 1 aliphatic carbocycles. The molecule has 0 saturated heterocycles. The molecule has 1 saturated carbocycles. The number of amides is 2. The second-order valence-electron chi connectivity index (χ2n) is 7.08. The van der Waals surface area contributed by atoms with Gasteiger partial charge in [0.25, 0.3) is 11.8 Å². The lowest BCUT2D eigenvalue weighted by molar-refractivity contribution is 0.0946. The van der Waals surface area contributed by atoms with Crippen LogP contribution in [0.2, 0.25) is 0 Å². The number of anilines is 1. The smallest absolute Gasteiger partial charge is 0.274 e. The third-order valence-electron chi connectivity index (χ3n) is 5.15. The number of fused-ring (bicyclic) bond motifs is 1. The van der Waals surface area contributed by atoms with Crippen molar-refractivity contribution >= 4 is 23.1 Å². The third kappa shape index (κ3) is 3.74. The van der Waals surface area contributed by atoms with Crippen LogP contribution in [0.4, 0.5) is 10.1 Å². The Morgan fingerprint density at radius 3 is 2.79 bits per heavy atom. The molecule has 1 aromatic carbocycles. The lowest BCUT2D eigenvalue weighted by Gasteiger charge is -2.12. The molecule has 0 spiro atoms. The van der Waals surface area contributed by atoms with E-state index in [9.17, 15) is 14.0 Å². The average Bonchev–Trinajstić information content (AvgIpc) is 3.37. The van der Waals surface area contributed by atoms with Gasteiger partial charge in [-0.15, -0.1) is 0 Å². The van der Waals surface area contributed by atoms with Crippen LogP contribution >= 0.6 is 0 Å². The number of nitrogens with one attached hydrogen (secondary N) is 2. The fourth-order valence-corrected chi connectivity index (χ4v) is 3.60. The minimum atomic E-state index is -0.602. The molecule has 6 nitrogen and oxygen atoms in total. The highest BCUT2D eigenvalue weighted by molar-refractivity contribution is 6.04. The Morgan fingerprint density at radius 2 is 1.96 bits per heavy atom. The quantitative estimate of drug-likeness (QED) is 0.710. The summed E-state index contributed by atoms with van der Waals surface area (Å²) in [5, 5.41) is 5.45. The molecule has 2 aromatic heterocycles. The molecule has 1 fully saturated rings. The maximum Gasteiger partial charge on any atom is 0.274 e. The number of hydrogen-bond donors (Lipinski definition) is 2.